The number of hydrogen-bond donors (Lipinski definition) is 1. The molecule has 1 aromatic heterocycles. The molecule has 0 unspecified atom stereocenters. The number of sulfonamides is 1. The fourth-order valence-electron chi connectivity index (χ4n) is 3.06. The van der Waals surface area contributed by atoms with E-state index in [2.05, 4.69) is 10.3 Å². The number of morpholine rings is 1. The molecule has 0 atom stereocenters. The predicted molar refractivity (Wildman–Crippen MR) is 121 cm³/mol. The number of benzene rings is 2. The maximum absolute atomic E-state index is 12.7. The van der Waals surface area contributed by atoms with Gasteiger partial charge in [-0.3, -0.25) is 0 Å². The number of rotatable bonds is 6. The van der Waals surface area contributed by atoms with Gasteiger partial charge in [0.1, 0.15) is 0 Å². The van der Waals surface area contributed by atoms with Gasteiger partial charge in [-0.2, -0.15) is 4.31 Å². The van der Waals surface area contributed by atoms with Crippen LogP contribution in [0.2, 0.25) is 10.0 Å². The zero-order valence-electron chi connectivity index (χ0n) is 15.8. The lowest BCUT2D eigenvalue weighted by atomic mass is 10.2. The van der Waals surface area contributed by atoms with Gasteiger partial charge in [0.2, 0.25) is 10.0 Å². The minimum Gasteiger partial charge on any atom is -0.379 e. The highest BCUT2D eigenvalue weighted by Crippen LogP contribution is 2.28. The monoisotopic (exact) mass is 483 g/mol. The van der Waals surface area contributed by atoms with Gasteiger partial charge in [-0.15, -0.1) is 11.3 Å². The summed E-state index contributed by atoms with van der Waals surface area (Å²) in [5.74, 6) is 0. The number of anilines is 1. The fourth-order valence-corrected chi connectivity index (χ4v) is 5.66. The Bertz CT molecular complexity index is 1130. The van der Waals surface area contributed by atoms with Crippen LogP contribution in [-0.2, 0) is 21.3 Å². The maximum Gasteiger partial charge on any atom is 0.243 e. The first-order valence-corrected chi connectivity index (χ1v) is 12.3. The van der Waals surface area contributed by atoms with E-state index in [1.165, 1.54) is 15.6 Å². The molecule has 6 nitrogen and oxygen atoms in total. The standard InChI is InChI=1S/C20H19Cl2N3O3S2/c21-16-4-1-15(18(22)11-16)12-23-20-24-19(13-29-20)14-2-5-17(6-3-14)30(26,27)25-7-9-28-10-8-25/h1-6,11,13H,7-10,12H2,(H,23,24). The Hall–Kier alpha value is -1.68. The molecule has 30 heavy (non-hydrogen) atoms. The van der Waals surface area contributed by atoms with Gasteiger partial charge in [-0.25, -0.2) is 13.4 Å². The molecule has 1 aliphatic rings. The summed E-state index contributed by atoms with van der Waals surface area (Å²) in [5, 5.41) is 7.13. The summed E-state index contributed by atoms with van der Waals surface area (Å²) < 4.78 is 32.2. The number of aromatic nitrogens is 1. The number of nitrogens with one attached hydrogen (secondary N) is 1. The Balaban J connectivity index is 1.44. The summed E-state index contributed by atoms with van der Waals surface area (Å²) in [6.45, 7) is 2.13. The molecule has 0 amide bonds. The van der Waals surface area contributed by atoms with Crippen molar-refractivity contribution >= 4 is 49.7 Å². The van der Waals surface area contributed by atoms with Crippen LogP contribution in [0, 0.1) is 0 Å². The van der Waals surface area contributed by atoms with E-state index in [1.807, 2.05) is 11.4 Å². The van der Waals surface area contributed by atoms with Crippen LogP contribution in [0.25, 0.3) is 11.3 Å². The van der Waals surface area contributed by atoms with Gasteiger partial charge in [0.15, 0.2) is 5.13 Å². The van der Waals surface area contributed by atoms with E-state index in [1.54, 1.807) is 36.4 Å². The summed E-state index contributed by atoms with van der Waals surface area (Å²) in [4.78, 5) is 4.86. The Morgan fingerprint density at radius 3 is 2.53 bits per heavy atom. The Labute approximate surface area is 189 Å². The molecule has 0 spiro atoms. The molecule has 0 saturated carbocycles. The Kier molecular flexibility index (Phi) is 6.62. The molecular weight excluding hydrogens is 465 g/mol. The van der Waals surface area contributed by atoms with Crippen LogP contribution in [0.15, 0.2) is 52.7 Å². The van der Waals surface area contributed by atoms with E-state index < -0.39 is 10.0 Å². The summed E-state index contributed by atoms with van der Waals surface area (Å²) in [7, 11) is -3.50. The molecule has 3 aromatic rings. The summed E-state index contributed by atoms with van der Waals surface area (Å²) in [5.41, 5.74) is 2.56. The number of halogens is 2. The highest BCUT2D eigenvalue weighted by molar-refractivity contribution is 7.89. The number of hydrogen-bond acceptors (Lipinski definition) is 6. The van der Waals surface area contributed by atoms with E-state index in [4.69, 9.17) is 27.9 Å². The van der Waals surface area contributed by atoms with Crippen LogP contribution in [0.1, 0.15) is 5.56 Å². The van der Waals surface area contributed by atoms with E-state index in [0.717, 1.165) is 22.0 Å². The minimum atomic E-state index is -3.50. The average Bonchev–Trinajstić information content (AvgIpc) is 3.23. The second kappa shape index (κ2) is 9.21. The molecule has 2 aromatic carbocycles. The lowest BCUT2D eigenvalue weighted by Gasteiger charge is -2.26. The molecule has 1 aliphatic heterocycles. The molecular formula is C20H19Cl2N3O3S2. The van der Waals surface area contributed by atoms with Crippen molar-refractivity contribution in [2.75, 3.05) is 31.6 Å². The molecule has 0 aliphatic carbocycles. The third-order valence-electron chi connectivity index (χ3n) is 4.71. The van der Waals surface area contributed by atoms with E-state index >= 15 is 0 Å². The SMILES string of the molecule is O=S(=O)(c1ccc(-c2csc(NCc3ccc(Cl)cc3Cl)n2)cc1)N1CCOCC1. The van der Waals surface area contributed by atoms with Crippen molar-refractivity contribution in [3.63, 3.8) is 0 Å². The van der Waals surface area contributed by atoms with Crippen molar-refractivity contribution in [2.24, 2.45) is 0 Å². The average molecular weight is 484 g/mol. The van der Waals surface area contributed by atoms with Crippen LogP contribution in [-0.4, -0.2) is 44.0 Å². The van der Waals surface area contributed by atoms with Crippen LogP contribution in [0.5, 0.6) is 0 Å². The lowest BCUT2D eigenvalue weighted by molar-refractivity contribution is 0.0730. The first kappa shape index (κ1) is 21.5. The first-order chi connectivity index (χ1) is 14.4. The third-order valence-corrected chi connectivity index (χ3v) is 8.01. The van der Waals surface area contributed by atoms with Crippen molar-refractivity contribution in [1.82, 2.24) is 9.29 Å². The van der Waals surface area contributed by atoms with Gasteiger partial charge < -0.3 is 10.1 Å². The molecule has 0 radical (unpaired) electrons. The second-order valence-corrected chi connectivity index (χ2v) is 10.3. The molecule has 4 rings (SSSR count). The van der Waals surface area contributed by atoms with Crippen LogP contribution >= 0.6 is 34.5 Å². The number of thiazole rings is 1. The molecule has 1 N–H and O–H groups in total. The quantitative estimate of drug-likeness (QED) is 0.547. The van der Waals surface area contributed by atoms with Gasteiger partial charge >= 0.3 is 0 Å². The van der Waals surface area contributed by atoms with Gasteiger partial charge in [0.25, 0.3) is 0 Å². The van der Waals surface area contributed by atoms with E-state index in [9.17, 15) is 8.42 Å². The minimum absolute atomic E-state index is 0.277. The van der Waals surface area contributed by atoms with Crippen molar-refractivity contribution in [3.8, 4) is 11.3 Å². The maximum atomic E-state index is 12.7. The second-order valence-electron chi connectivity index (χ2n) is 6.67. The van der Waals surface area contributed by atoms with Crippen LogP contribution in [0.4, 0.5) is 5.13 Å². The fraction of sp³-hybridized carbons (Fsp3) is 0.250. The van der Waals surface area contributed by atoms with Crippen LogP contribution < -0.4 is 5.32 Å². The zero-order chi connectivity index (χ0) is 21.1. The molecule has 1 saturated heterocycles. The van der Waals surface area contributed by atoms with Crippen molar-refractivity contribution in [3.05, 3.63) is 63.5 Å². The lowest BCUT2D eigenvalue weighted by Crippen LogP contribution is -2.40. The summed E-state index contributed by atoms with van der Waals surface area (Å²) in [6.07, 6.45) is 0. The van der Waals surface area contributed by atoms with Crippen LogP contribution in [0.3, 0.4) is 0 Å². The highest BCUT2D eigenvalue weighted by atomic mass is 35.5. The number of ether oxygens (including phenoxy) is 1. The van der Waals surface area contributed by atoms with Crippen molar-refractivity contribution in [2.45, 2.75) is 11.4 Å². The van der Waals surface area contributed by atoms with Crippen molar-refractivity contribution < 1.29 is 13.2 Å². The summed E-state index contributed by atoms with van der Waals surface area (Å²) in [6, 6.07) is 12.2. The largest absolute Gasteiger partial charge is 0.379 e. The molecule has 158 valence electrons. The Morgan fingerprint density at radius 2 is 1.83 bits per heavy atom. The molecule has 1 fully saturated rings. The van der Waals surface area contributed by atoms with Gasteiger partial charge in [0, 0.05) is 40.6 Å². The van der Waals surface area contributed by atoms with Gasteiger partial charge in [-0.1, -0.05) is 41.4 Å². The normalized spacial score (nSPS) is 15.3. The smallest absolute Gasteiger partial charge is 0.243 e. The molecule has 2 heterocycles. The van der Waals surface area contributed by atoms with E-state index in [0.29, 0.717) is 42.9 Å². The predicted octanol–water partition coefficient (Wildman–Crippen LogP) is 4.75. The number of nitrogens with zero attached hydrogens (tertiary/aromatic N) is 2. The Morgan fingerprint density at radius 1 is 1.10 bits per heavy atom. The van der Waals surface area contributed by atoms with E-state index in [-0.39, 0.29) is 4.90 Å². The topological polar surface area (TPSA) is 71.5 Å². The zero-order valence-corrected chi connectivity index (χ0v) is 19.0. The highest BCUT2D eigenvalue weighted by Gasteiger charge is 2.26. The molecule has 10 heteroatoms. The van der Waals surface area contributed by atoms with Gasteiger partial charge in [-0.05, 0) is 29.8 Å². The van der Waals surface area contributed by atoms with Gasteiger partial charge in [0.05, 0.1) is 23.8 Å². The third kappa shape index (κ3) is 4.80. The molecule has 0 bridgehead atoms. The summed E-state index contributed by atoms with van der Waals surface area (Å²) >= 11 is 13.6. The first-order valence-electron chi connectivity index (χ1n) is 9.25. The van der Waals surface area contributed by atoms with Crippen molar-refractivity contribution in [1.29, 1.82) is 0 Å².